The number of fused-ring (bicyclic) bond motifs is 4. The first-order valence-electron chi connectivity index (χ1n) is 12.1. The third-order valence-corrected chi connectivity index (χ3v) is 8.01. The molecular formula is C28H24ClF3N4O. The maximum Gasteiger partial charge on any atom is 0.416 e. The van der Waals surface area contributed by atoms with Gasteiger partial charge in [0.05, 0.1) is 23.0 Å². The van der Waals surface area contributed by atoms with Crippen LogP contribution >= 0.6 is 11.6 Å². The monoisotopic (exact) mass is 524 g/mol. The third kappa shape index (κ3) is 3.77. The fraction of sp³-hybridized carbons (Fsp3) is 0.286. The topological polar surface area (TPSA) is 39.2 Å². The van der Waals surface area contributed by atoms with E-state index in [1.54, 1.807) is 6.07 Å². The van der Waals surface area contributed by atoms with Gasteiger partial charge >= 0.3 is 6.18 Å². The first-order valence-corrected chi connectivity index (χ1v) is 12.5. The summed E-state index contributed by atoms with van der Waals surface area (Å²) in [5, 5.41) is 6.70. The van der Waals surface area contributed by atoms with Crippen molar-refractivity contribution in [1.82, 2.24) is 0 Å². The van der Waals surface area contributed by atoms with Crippen molar-refractivity contribution >= 4 is 40.3 Å². The highest BCUT2D eigenvalue weighted by atomic mass is 35.5. The number of hydrazone groups is 1. The van der Waals surface area contributed by atoms with Gasteiger partial charge in [0, 0.05) is 36.0 Å². The minimum Gasteiger partial charge on any atom is -0.368 e. The molecule has 0 N–H and O–H groups in total. The second-order valence-corrected chi connectivity index (χ2v) is 10.2. The van der Waals surface area contributed by atoms with Crippen molar-refractivity contribution in [3.63, 3.8) is 0 Å². The zero-order valence-corrected chi connectivity index (χ0v) is 20.8. The van der Waals surface area contributed by atoms with Crippen molar-refractivity contribution in [2.45, 2.75) is 25.6 Å². The van der Waals surface area contributed by atoms with Crippen LogP contribution in [0.25, 0.3) is 0 Å². The van der Waals surface area contributed by atoms with E-state index in [0.29, 0.717) is 41.6 Å². The van der Waals surface area contributed by atoms with Gasteiger partial charge in [0.2, 0.25) is 0 Å². The van der Waals surface area contributed by atoms with Gasteiger partial charge in [-0.15, -0.1) is 0 Å². The van der Waals surface area contributed by atoms with Crippen LogP contribution in [0.4, 0.5) is 30.2 Å². The fourth-order valence-corrected chi connectivity index (χ4v) is 6.15. The standard InChI is InChI=1S/C28H24ClF3N4O/c1-18-27(26(37)36(33-18)22-7-3-2-4-8-22)16-19-14-20(28(30,31)32)10-11-24(19)35-13-12-34(17-25(27)35)23-9-5-6-21(29)15-23/h2-11,14-15,25H,12-13,16-17H2,1H3/t25-,27-/m0/s1. The Morgan fingerprint density at radius 1 is 0.973 bits per heavy atom. The molecule has 9 heteroatoms. The maximum absolute atomic E-state index is 14.3. The van der Waals surface area contributed by atoms with Crippen molar-refractivity contribution in [3.05, 3.63) is 88.9 Å². The number of hydrogen-bond donors (Lipinski definition) is 0. The van der Waals surface area contributed by atoms with Gasteiger partial charge in [0.1, 0.15) is 5.41 Å². The molecule has 3 aromatic rings. The Hall–Kier alpha value is -3.52. The predicted molar refractivity (Wildman–Crippen MR) is 139 cm³/mol. The van der Waals surface area contributed by atoms with Crippen LogP contribution in [0.5, 0.6) is 0 Å². The summed E-state index contributed by atoms with van der Waals surface area (Å²) in [6.07, 6.45) is -4.32. The highest BCUT2D eigenvalue weighted by Gasteiger charge is 2.60. The number of piperazine rings is 1. The molecule has 1 fully saturated rings. The minimum atomic E-state index is -4.47. The summed E-state index contributed by atoms with van der Waals surface area (Å²) in [5.41, 5.74) is 1.62. The van der Waals surface area contributed by atoms with Crippen LogP contribution in [-0.4, -0.2) is 37.3 Å². The van der Waals surface area contributed by atoms with E-state index in [2.05, 4.69) is 14.9 Å². The van der Waals surface area contributed by atoms with Gasteiger partial charge in [-0.05, 0) is 67.4 Å². The molecule has 1 spiro atoms. The molecule has 5 nitrogen and oxygen atoms in total. The van der Waals surface area contributed by atoms with Crippen molar-refractivity contribution in [2.75, 3.05) is 34.4 Å². The van der Waals surface area contributed by atoms with Gasteiger partial charge in [0.25, 0.3) is 5.91 Å². The molecule has 0 unspecified atom stereocenters. The van der Waals surface area contributed by atoms with Gasteiger partial charge in [-0.3, -0.25) is 4.79 Å². The number of hydrogen-bond acceptors (Lipinski definition) is 4. The smallest absolute Gasteiger partial charge is 0.368 e. The molecule has 0 aliphatic carbocycles. The van der Waals surface area contributed by atoms with Gasteiger partial charge < -0.3 is 9.80 Å². The van der Waals surface area contributed by atoms with E-state index < -0.39 is 17.2 Å². The molecule has 0 radical (unpaired) electrons. The molecule has 0 bridgehead atoms. The number of benzene rings is 3. The molecule has 190 valence electrons. The number of rotatable bonds is 2. The molecule has 0 saturated carbocycles. The lowest BCUT2D eigenvalue weighted by Gasteiger charge is -2.53. The number of carbonyl (C=O) groups excluding carboxylic acids is 1. The van der Waals surface area contributed by atoms with E-state index in [1.807, 2.05) is 61.5 Å². The Balaban J connectivity index is 1.47. The zero-order valence-electron chi connectivity index (χ0n) is 20.0. The van der Waals surface area contributed by atoms with Crippen LogP contribution < -0.4 is 14.8 Å². The normalized spacial score (nSPS) is 23.3. The third-order valence-electron chi connectivity index (χ3n) is 7.78. The molecule has 37 heavy (non-hydrogen) atoms. The second-order valence-electron chi connectivity index (χ2n) is 9.76. The van der Waals surface area contributed by atoms with Crippen LogP contribution in [0.3, 0.4) is 0 Å². The molecule has 1 amide bonds. The van der Waals surface area contributed by atoms with E-state index in [1.165, 1.54) is 11.1 Å². The lowest BCUT2D eigenvalue weighted by atomic mass is 9.67. The van der Waals surface area contributed by atoms with Crippen molar-refractivity contribution in [1.29, 1.82) is 0 Å². The Kier molecular flexibility index (Phi) is 5.49. The van der Waals surface area contributed by atoms with E-state index in [0.717, 1.165) is 17.4 Å². The Bertz CT molecular complexity index is 1410. The summed E-state index contributed by atoms with van der Waals surface area (Å²) < 4.78 is 40.9. The van der Waals surface area contributed by atoms with Crippen LogP contribution in [0.15, 0.2) is 77.9 Å². The predicted octanol–water partition coefficient (Wildman–Crippen LogP) is 6.02. The molecule has 2 atom stereocenters. The first kappa shape index (κ1) is 23.9. The van der Waals surface area contributed by atoms with E-state index in [-0.39, 0.29) is 18.4 Å². The molecular weight excluding hydrogens is 501 g/mol. The number of halogens is 4. The Morgan fingerprint density at radius 2 is 1.73 bits per heavy atom. The average Bonchev–Trinajstić information content (AvgIpc) is 3.13. The highest BCUT2D eigenvalue weighted by Crippen LogP contribution is 2.49. The summed E-state index contributed by atoms with van der Waals surface area (Å²) in [5.74, 6) is -0.220. The van der Waals surface area contributed by atoms with Crippen LogP contribution in [0.2, 0.25) is 5.02 Å². The largest absolute Gasteiger partial charge is 0.416 e. The number of nitrogens with zero attached hydrogens (tertiary/aromatic N) is 4. The van der Waals surface area contributed by atoms with E-state index in [9.17, 15) is 18.0 Å². The second kappa shape index (κ2) is 8.52. The van der Waals surface area contributed by atoms with E-state index in [4.69, 9.17) is 11.6 Å². The summed E-state index contributed by atoms with van der Waals surface area (Å²) in [4.78, 5) is 18.6. The van der Waals surface area contributed by atoms with Crippen LogP contribution in [-0.2, 0) is 17.4 Å². The zero-order chi connectivity index (χ0) is 25.9. The fourth-order valence-electron chi connectivity index (χ4n) is 5.96. The number of carbonyl (C=O) groups is 1. The highest BCUT2D eigenvalue weighted by molar-refractivity contribution is 6.30. The Labute approximate surface area is 217 Å². The summed E-state index contributed by atoms with van der Waals surface area (Å²) in [7, 11) is 0. The van der Waals surface area contributed by atoms with Crippen molar-refractivity contribution < 1.29 is 18.0 Å². The molecule has 3 aliphatic rings. The number of para-hydroxylation sites is 1. The first-order chi connectivity index (χ1) is 17.7. The number of anilines is 3. The van der Waals surface area contributed by atoms with Crippen molar-refractivity contribution in [3.8, 4) is 0 Å². The molecule has 1 saturated heterocycles. The van der Waals surface area contributed by atoms with Gasteiger partial charge in [-0.25, -0.2) is 0 Å². The lowest BCUT2D eigenvalue weighted by molar-refractivity contribution is -0.137. The van der Waals surface area contributed by atoms with E-state index >= 15 is 0 Å². The lowest BCUT2D eigenvalue weighted by Crippen LogP contribution is -2.67. The molecule has 3 aliphatic heterocycles. The number of amides is 1. The quantitative estimate of drug-likeness (QED) is 0.411. The molecule has 6 rings (SSSR count). The number of alkyl halides is 3. The summed E-state index contributed by atoms with van der Waals surface area (Å²) >= 11 is 6.27. The SMILES string of the molecule is CC1=NN(c2ccccc2)C(=O)[C@@]12Cc1cc(C(F)(F)F)ccc1N1CCN(c3cccc(Cl)c3)C[C@H]12. The van der Waals surface area contributed by atoms with Gasteiger partial charge in [0.15, 0.2) is 0 Å². The minimum absolute atomic E-state index is 0.147. The maximum atomic E-state index is 14.3. The average molecular weight is 525 g/mol. The van der Waals surface area contributed by atoms with Gasteiger partial charge in [-0.2, -0.15) is 23.3 Å². The van der Waals surface area contributed by atoms with Crippen LogP contribution in [0.1, 0.15) is 18.1 Å². The van der Waals surface area contributed by atoms with Crippen molar-refractivity contribution in [2.24, 2.45) is 10.5 Å². The van der Waals surface area contributed by atoms with Crippen LogP contribution in [0, 0.1) is 5.41 Å². The summed E-state index contributed by atoms with van der Waals surface area (Å²) in [6, 6.07) is 20.3. The molecule has 3 heterocycles. The Morgan fingerprint density at radius 3 is 2.46 bits per heavy atom. The molecule has 3 aromatic carbocycles. The molecule has 0 aromatic heterocycles. The van der Waals surface area contributed by atoms with Gasteiger partial charge in [-0.1, -0.05) is 35.9 Å². The summed E-state index contributed by atoms with van der Waals surface area (Å²) in [6.45, 7) is 3.50.